The Labute approximate surface area is 107 Å². The van der Waals surface area contributed by atoms with Gasteiger partial charge in [-0.05, 0) is 24.5 Å². The number of hydrogen-bond acceptors (Lipinski definition) is 2. The molecule has 1 aliphatic carbocycles. The van der Waals surface area contributed by atoms with Gasteiger partial charge in [-0.25, -0.2) is 4.98 Å². The molecule has 0 bridgehead atoms. The first-order chi connectivity index (χ1) is 8.51. The average molecular weight is 241 g/mol. The van der Waals surface area contributed by atoms with Gasteiger partial charge in [-0.2, -0.15) is 0 Å². The van der Waals surface area contributed by atoms with Gasteiger partial charge in [0.1, 0.15) is 0 Å². The molecule has 0 saturated heterocycles. The van der Waals surface area contributed by atoms with E-state index in [4.69, 9.17) is 5.73 Å². The minimum atomic E-state index is 0.136. The van der Waals surface area contributed by atoms with E-state index in [0.717, 1.165) is 17.5 Å². The Balaban J connectivity index is 2.24. The lowest BCUT2D eigenvalue weighted by molar-refractivity contribution is 0.339. The first kappa shape index (κ1) is 11.3. The molecule has 3 heteroatoms. The molecule has 0 saturated carbocycles. The molecule has 18 heavy (non-hydrogen) atoms. The van der Waals surface area contributed by atoms with Crippen LogP contribution in [0.5, 0.6) is 0 Å². The summed E-state index contributed by atoms with van der Waals surface area (Å²) in [5.74, 6) is 1.22. The number of fused-ring (bicyclic) bond motifs is 1. The number of allylic oxidation sites excluding steroid dienone is 2. The standard InChI is InChI=1S/C15H19N3/c1-10-8-9-13(15(10,2)3)18-12-7-5-4-6-11(12)17-14(18)16/h4-7,9-10H,8H2,1-3H3,(H2,16,17). The molecule has 1 atom stereocenters. The molecule has 0 amide bonds. The predicted octanol–water partition coefficient (Wildman–Crippen LogP) is 3.53. The average Bonchev–Trinajstić information content (AvgIpc) is 2.77. The zero-order chi connectivity index (χ0) is 12.9. The van der Waals surface area contributed by atoms with Gasteiger partial charge in [-0.3, -0.25) is 4.57 Å². The van der Waals surface area contributed by atoms with Crippen molar-refractivity contribution in [2.24, 2.45) is 11.3 Å². The van der Waals surface area contributed by atoms with E-state index in [9.17, 15) is 0 Å². The van der Waals surface area contributed by atoms with Crippen molar-refractivity contribution < 1.29 is 0 Å². The third kappa shape index (κ3) is 1.40. The summed E-state index contributed by atoms with van der Waals surface area (Å²) in [5, 5.41) is 0. The van der Waals surface area contributed by atoms with Gasteiger partial charge in [0.2, 0.25) is 5.95 Å². The molecular formula is C15H19N3. The number of rotatable bonds is 1. The van der Waals surface area contributed by atoms with Gasteiger partial charge in [-0.15, -0.1) is 0 Å². The second kappa shape index (κ2) is 3.61. The zero-order valence-corrected chi connectivity index (χ0v) is 11.1. The molecule has 1 heterocycles. The van der Waals surface area contributed by atoms with Crippen LogP contribution >= 0.6 is 0 Å². The van der Waals surface area contributed by atoms with Crippen molar-refractivity contribution in [1.82, 2.24) is 9.55 Å². The summed E-state index contributed by atoms with van der Waals surface area (Å²) in [4.78, 5) is 4.45. The maximum atomic E-state index is 6.11. The van der Waals surface area contributed by atoms with Crippen molar-refractivity contribution >= 4 is 22.7 Å². The summed E-state index contributed by atoms with van der Waals surface area (Å²) in [6.45, 7) is 6.86. The highest BCUT2D eigenvalue weighted by Crippen LogP contribution is 2.47. The second-order valence-corrected chi connectivity index (χ2v) is 5.74. The highest BCUT2D eigenvalue weighted by molar-refractivity contribution is 5.83. The molecule has 1 aromatic heterocycles. The molecule has 3 rings (SSSR count). The Morgan fingerprint density at radius 1 is 1.33 bits per heavy atom. The van der Waals surface area contributed by atoms with Crippen molar-refractivity contribution in [3.8, 4) is 0 Å². The smallest absolute Gasteiger partial charge is 0.205 e. The SMILES string of the molecule is CC1CC=C(n2c(N)nc3ccccc32)C1(C)C. The van der Waals surface area contributed by atoms with Crippen LogP contribution in [0, 0.1) is 11.3 Å². The molecule has 94 valence electrons. The molecule has 1 aliphatic rings. The molecule has 2 aromatic rings. The highest BCUT2D eigenvalue weighted by Gasteiger charge is 2.36. The molecule has 0 spiro atoms. The van der Waals surface area contributed by atoms with Crippen molar-refractivity contribution in [2.75, 3.05) is 5.73 Å². The third-order valence-electron chi connectivity index (χ3n) is 4.38. The van der Waals surface area contributed by atoms with Crippen LogP contribution in [0.25, 0.3) is 16.7 Å². The molecule has 1 aromatic carbocycles. The number of aromatic nitrogens is 2. The van der Waals surface area contributed by atoms with Crippen molar-refractivity contribution in [3.05, 3.63) is 30.3 Å². The normalized spacial score (nSPS) is 22.4. The van der Waals surface area contributed by atoms with Crippen molar-refractivity contribution in [2.45, 2.75) is 27.2 Å². The number of nitrogens with two attached hydrogens (primary N) is 1. The van der Waals surface area contributed by atoms with Gasteiger partial charge in [0.15, 0.2) is 0 Å². The third-order valence-corrected chi connectivity index (χ3v) is 4.38. The summed E-state index contributed by atoms with van der Waals surface area (Å²) in [6, 6.07) is 8.12. The molecule has 0 aliphatic heterocycles. The van der Waals surface area contributed by atoms with E-state index < -0.39 is 0 Å². The van der Waals surface area contributed by atoms with Gasteiger partial charge >= 0.3 is 0 Å². The molecule has 1 unspecified atom stereocenters. The van der Waals surface area contributed by atoms with Crippen molar-refractivity contribution in [1.29, 1.82) is 0 Å². The lowest BCUT2D eigenvalue weighted by atomic mass is 9.81. The summed E-state index contributed by atoms with van der Waals surface area (Å²) in [6.07, 6.45) is 3.41. The van der Waals surface area contributed by atoms with Gasteiger partial charge in [0.05, 0.1) is 11.0 Å². The number of hydrogen-bond donors (Lipinski definition) is 1. The topological polar surface area (TPSA) is 43.8 Å². The number of nitrogens with zero attached hydrogens (tertiary/aromatic N) is 2. The summed E-state index contributed by atoms with van der Waals surface area (Å²) in [5.41, 5.74) is 9.59. The fourth-order valence-electron chi connectivity index (χ4n) is 2.78. The summed E-state index contributed by atoms with van der Waals surface area (Å²) >= 11 is 0. The van der Waals surface area contributed by atoms with Crippen LogP contribution in [0.3, 0.4) is 0 Å². The fourth-order valence-corrected chi connectivity index (χ4v) is 2.78. The Hall–Kier alpha value is -1.77. The molecule has 0 fully saturated rings. The number of para-hydroxylation sites is 2. The number of benzene rings is 1. The van der Waals surface area contributed by atoms with Crippen LogP contribution in [0.15, 0.2) is 30.3 Å². The molecule has 0 radical (unpaired) electrons. The van der Waals surface area contributed by atoms with Crippen LogP contribution < -0.4 is 5.73 Å². The molecule has 3 nitrogen and oxygen atoms in total. The largest absolute Gasteiger partial charge is 0.369 e. The van der Waals surface area contributed by atoms with Gasteiger partial charge in [0.25, 0.3) is 0 Å². The maximum absolute atomic E-state index is 6.11. The second-order valence-electron chi connectivity index (χ2n) is 5.74. The van der Waals surface area contributed by atoms with E-state index in [0.29, 0.717) is 11.9 Å². The lowest BCUT2D eigenvalue weighted by Crippen LogP contribution is -2.22. The van der Waals surface area contributed by atoms with Gasteiger partial charge in [0, 0.05) is 11.1 Å². The van der Waals surface area contributed by atoms with E-state index >= 15 is 0 Å². The van der Waals surface area contributed by atoms with Crippen LogP contribution in [-0.2, 0) is 0 Å². The lowest BCUT2D eigenvalue weighted by Gasteiger charge is -2.29. The Morgan fingerprint density at radius 3 is 2.72 bits per heavy atom. The van der Waals surface area contributed by atoms with Crippen molar-refractivity contribution in [3.63, 3.8) is 0 Å². The minimum Gasteiger partial charge on any atom is -0.369 e. The van der Waals surface area contributed by atoms with Crippen LogP contribution in [0.1, 0.15) is 27.2 Å². The van der Waals surface area contributed by atoms with E-state index in [-0.39, 0.29) is 5.41 Å². The quantitative estimate of drug-likeness (QED) is 0.830. The predicted molar refractivity (Wildman–Crippen MR) is 76.0 cm³/mol. The first-order valence-corrected chi connectivity index (χ1v) is 6.46. The van der Waals surface area contributed by atoms with E-state index in [1.807, 2.05) is 18.2 Å². The molecular weight excluding hydrogens is 222 g/mol. The monoisotopic (exact) mass is 241 g/mol. The Bertz CT molecular complexity index is 634. The van der Waals surface area contributed by atoms with Crippen LogP contribution in [-0.4, -0.2) is 9.55 Å². The van der Waals surface area contributed by atoms with Crippen LogP contribution in [0.2, 0.25) is 0 Å². The Morgan fingerprint density at radius 2 is 2.06 bits per heavy atom. The van der Waals surface area contributed by atoms with Gasteiger partial charge in [-0.1, -0.05) is 39.0 Å². The van der Waals surface area contributed by atoms with E-state index in [1.165, 1.54) is 5.70 Å². The minimum absolute atomic E-state index is 0.136. The summed E-state index contributed by atoms with van der Waals surface area (Å²) < 4.78 is 2.11. The molecule has 2 N–H and O–H groups in total. The highest BCUT2D eigenvalue weighted by atomic mass is 15.2. The number of imidazole rings is 1. The number of nitrogen functional groups attached to an aromatic ring is 1. The number of anilines is 1. The zero-order valence-electron chi connectivity index (χ0n) is 11.1. The maximum Gasteiger partial charge on any atom is 0.205 e. The Kier molecular flexibility index (Phi) is 2.27. The van der Waals surface area contributed by atoms with Gasteiger partial charge < -0.3 is 5.73 Å². The first-order valence-electron chi connectivity index (χ1n) is 6.46. The summed E-state index contributed by atoms with van der Waals surface area (Å²) in [7, 11) is 0. The van der Waals surface area contributed by atoms with E-state index in [1.54, 1.807) is 0 Å². The van der Waals surface area contributed by atoms with Crippen LogP contribution in [0.4, 0.5) is 5.95 Å². The van der Waals surface area contributed by atoms with E-state index in [2.05, 4.69) is 42.5 Å². The fraction of sp³-hybridized carbons (Fsp3) is 0.400.